The molecule has 1 atom stereocenters. The number of benzene rings is 1. The standard InChI is InChI=1S/C19H29N3O4/c1-19(2,3)26-18(24)21-15-7-5-6-14(10-15)11-17(23)20-12-16-13-22(4)8-9-25-16/h5-7,10,16H,8-9,11-13H2,1-4H3,(H,20,23)(H,21,24). The van der Waals surface area contributed by atoms with Gasteiger partial charge in [-0.3, -0.25) is 10.1 Å². The molecule has 2 amide bonds. The van der Waals surface area contributed by atoms with Gasteiger partial charge in [0.05, 0.1) is 19.1 Å². The van der Waals surface area contributed by atoms with Crippen molar-refractivity contribution >= 4 is 17.7 Å². The average Bonchev–Trinajstić information content (AvgIpc) is 2.51. The van der Waals surface area contributed by atoms with Crippen LogP contribution in [0.5, 0.6) is 0 Å². The maximum absolute atomic E-state index is 12.2. The maximum Gasteiger partial charge on any atom is 0.412 e. The van der Waals surface area contributed by atoms with Crippen LogP contribution in [0.1, 0.15) is 26.3 Å². The second-order valence-corrected chi connectivity index (χ2v) is 7.56. The topological polar surface area (TPSA) is 79.9 Å². The molecule has 1 aliphatic rings. The third kappa shape index (κ3) is 7.41. The number of hydrogen-bond acceptors (Lipinski definition) is 5. The molecule has 1 aromatic rings. The molecular formula is C19H29N3O4. The van der Waals surface area contributed by atoms with Crippen LogP contribution >= 0.6 is 0 Å². The Morgan fingerprint density at radius 3 is 2.81 bits per heavy atom. The number of hydrogen-bond donors (Lipinski definition) is 2. The number of anilines is 1. The summed E-state index contributed by atoms with van der Waals surface area (Å²) in [6.07, 6.45) is -0.248. The smallest absolute Gasteiger partial charge is 0.412 e. The first-order valence-corrected chi connectivity index (χ1v) is 8.87. The molecule has 7 heteroatoms. The lowest BCUT2D eigenvalue weighted by Crippen LogP contribution is -2.46. The van der Waals surface area contributed by atoms with E-state index in [1.165, 1.54) is 0 Å². The Morgan fingerprint density at radius 1 is 1.35 bits per heavy atom. The molecule has 1 fully saturated rings. The first-order valence-electron chi connectivity index (χ1n) is 8.87. The molecule has 1 saturated heterocycles. The quantitative estimate of drug-likeness (QED) is 0.837. The normalized spacial score (nSPS) is 18.2. The third-order valence-electron chi connectivity index (χ3n) is 3.81. The molecule has 0 aromatic heterocycles. The second kappa shape index (κ2) is 9.00. The summed E-state index contributed by atoms with van der Waals surface area (Å²) in [6, 6.07) is 7.19. The summed E-state index contributed by atoms with van der Waals surface area (Å²) in [4.78, 5) is 26.2. The van der Waals surface area contributed by atoms with Gasteiger partial charge in [0.1, 0.15) is 5.60 Å². The molecule has 0 bridgehead atoms. The molecule has 0 spiro atoms. The van der Waals surface area contributed by atoms with Crippen LogP contribution in [0.4, 0.5) is 10.5 Å². The maximum atomic E-state index is 12.2. The third-order valence-corrected chi connectivity index (χ3v) is 3.81. The fourth-order valence-electron chi connectivity index (χ4n) is 2.65. The fourth-order valence-corrected chi connectivity index (χ4v) is 2.65. The van der Waals surface area contributed by atoms with Crippen molar-refractivity contribution in [3.8, 4) is 0 Å². The molecule has 26 heavy (non-hydrogen) atoms. The number of rotatable bonds is 5. The van der Waals surface area contributed by atoms with E-state index in [2.05, 4.69) is 15.5 Å². The zero-order valence-electron chi connectivity index (χ0n) is 16.0. The van der Waals surface area contributed by atoms with Gasteiger partial charge < -0.3 is 19.7 Å². The number of morpholine rings is 1. The summed E-state index contributed by atoms with van der Waals surface area (Å²) >= 11 is 0. The van der Waals surface area contributed by atoms with Gasteiger partial charge in [-0.15, -0.1) is 0 Å². The van der Waals surface area contributed by atoms with E-state index in [0.29, 0.717) is 18.8 Å². The summed E-state index contributed by atoms with van der Waals surface area (Å²) in [5, 5.41) is 5.59. The zero-order chi connectivity index (χ0) is 19.2. The van der Waals surface area contributed by atoms with Crippen LogP contribution in [0, 0.1) is 0 Å². The van der Waals surface area contributed by atoms with E-state index in [4.69, 9.17) is 9.47 Å². The summed E-state index contributed by atoms with van der Waals surface area (Å²) in [5.41, 5.74) is 0.858. The van der Waals surface area contributed by atoms with Crippen molar-refractivity contribution in [1.82, 2.24) is 10.2 Å². The van der Waals surface area contributed by atoms with Crippen LogP contribution in [-0.2, 0) is 20.7 Å². The highest BCUT2D eigenvalue weighted by Gasteiger charge is 2.19. The lowest BCUT2D eigenvalue weighted by molar-refractivity contribution is -0.121. The van der Waals surface area contributed by atoms with Crippen LogP contribution < -0.4 is 10.6 Å². The Hall–Kier alpha value is -2.12. The van der Waals surface area contributed by atoms with E-state index in [1.807, 2.05) is 13.1 Å². The highest BCUT2D eigenvalue weighted by molar-refractivity contribution is 5.85. The number of amides is 2. The first kappa shape index (κ1) is 20.2. The van der Waals surface area contributed by atoms with Crippen LogP contribution in [-0.4, -0.2) is 61.9 Å². The lowest BCUT2D eigenvalue weighted by Gasteiger charge is -2.30. The van der Waals surface area contributed by atoms with E-state index in [-0.39, 0.29) is 18.4 Å². The molecule has 0 aliphatic carbocycles. The molecule has 1 unspecified atom stereocenters. The summed E-state index contributed by atoms with van der Waals surface area (Å²) < 4.78 is 10.9. The van der Waals surface area contributed by atoms with E-state index in [1.54, 1.807) is 39.0 Å². The van der Waals surface area contributed by atoms with E-state index in [9.17, 15) is 9.59 Å². The molecular weight excluding hydrogens is 334 g/mol. The van der Waals surface area contributed by atoms with Crippen molar-refractivity contribution in [3.05, 3.63) is 29.8 Å². The summed E-state index contributed by atoms with van der Waals surface area (Å²) in [5.74, 6) is -0.0729. The fraction of sp³-hybridized carbons (Fsp3) is 0.579. The minimum atomic E-state index is -0.559. The predicted octanol–water partition coefficient (Wildman–Crippen LogP) is 2.02. The summed E-state index contributed by atoms with van der Waals surface area (Å²) in [7, 11) is 2.04. The Morgan fingerprint density at radius 2 is 2.12 bits per heavy atom. The van der Waals surface area contributed by atoms with Gasteiger partial charge in [0.15, 0.2) is 0 Å². The van der Waals surface area contributed by atoms with Crippen molar-refractivity contribution in [2.45, 2.75) is 38.9 Å². The van der Waals surface area contributed by atoms with E-state index >= 15 is 0 Å². The molecule has 1 aromatic carbocycles. The molecule has 1 aliphatic heterocycles. The minimum absolute atomic E-state index is 0.0258. The van der Waals surface area contributed by atoms with E-state index < -0.39 is 11.7 Å². The minimum Gasteiger partial charge on any atom is -0.444 e. The van der Waals surface area contributed by atoms with Crippen LogP contribution in [0.2, 0.25) is 0 Å². The van der Waals surface area contributed by atoms with Crippen molar-refractivity contribution in [2.75, 3.05) is 38.6 Å². The number of nitrogens with zero attached hydrogens (tertiary/aromatic N) is 1. The highest BCUT2D eigenvalue weighted by atomic mass is 16.6. The number of likely N-dealkylation sites (N-methyl/N-ethyl adjacent to an activating group) is 1. The molecule has 7 nitrogen and oxygen atoms in total. The zero-order valence-corrected chi connectivity index (χ0v) is 16.0. The summed E-state index contributed by atoms with van der Waals surface area (Å²) in [6.45, 7) is 8.34. The average molecular weight is 363 g/mol. The predicted molar refractivity (Wildman–Crippen MR) is 100 cm³/mol. The molecule has 144 valence electrons. The highest BCUT2D eigenvalue weighted by Crippen LogP contribution is 2.14. The van der Waals surface area contributed by atoms with Gasteiger partial charge in [0.25, 0.3) is 0 Å². The van der Waals surface area contributed by atoms with Crippen molar-refractivity contribution < 1.29 is 19.1 Å². The van der Waals surface area contributed by atoms with Gasteiger partial charge in [0.2, 0.25) is 5.91 Å². The van der Waals surface area contributed by atoms with E-state index in [0.717, 1.165) is 18.7 Å². The van der Waals surface area contributed by atoms with Crippen molar-refractivity contribution in [1.29, 1.82) is 0 Å². The first-order chi connectivity index (χ1) is 12.2. The van der Waals surface area contributed by atoms with Crippen LogP contribution in [0.25, 0.3) is 0 Å². The molecule has 0 saturated carbocycles. The van der Waals surface area contributed by atoms with Gasteiger partial charge in [-0.2, -0.15) is 0 Å². The molecule has 1 heterocycles. The number of carbonyl (C=O) groups excluding carboxylic acids is 2. The van der Waals surface area contributed by atoms with Gasteiger partial charge in [-0.1, -0.05) is 12.1 Å². The number of nitrogens with one attached hydrogen (secondary N) is 2. The Balaban J connectivity index is 1.81. The van der Waals surface area contributed by atoms with Crippen molar-refractivity contribution in [2.24, 2.45) is 0 Å². The largest absolute Gasteiger partial charge is 0.444 e. The molecule has 2 rings (SSSR count). The number of carbonyl (C=O) groups is 2. The Labute approximate surface area is 155 Å². The van der Waals surface area contributed by atoms with Gasteiger partial charge in [-0.05, 0) is 45.5 Å². The van der Waals surface area contributed by atoms with Gasteiger partial charge in [0, 0.05) is 25.3 Å². The molecule has 0 radical (unpaired) electrons. The van der Waals surface area contributed by atoms with Gasteiger partial charge in [-0.25, -0.2) is 4.79 Å². The number of ether oxygens (including phenoxy) is 2. The van der Waals surface area contributed by atoms with Gasteiger partial charge >= 0.3 is 6.09 Å². The van der Waals surface area contributed by atoms with Crippen molar-refractivity contribution in [3.63, 3.8) is 0 Å². The SMILES string of the molecule is CN1CCOC(CNC(=O)Cc2cccc(NC(=O)OC(C)(C)C)c2)C1. The van der Waals surface area contributed by atoms with Crippen LogP contribution in [0.3, 0.4) is 0 Å². The monoisotopic (exact) mass is 363 g/mol. The molecule has 2 N–H and O–H groups in total. The van der Waals surface area contributed by atoms with Crippen LogP contribution in [0.15, 0.2) is 24.3 Å². The lowest BCUT2D eigenvalue weighted by atomic mass is 10.1. The Bertz CT molecular complexity index is 627. The second-order valence-electron chi connectivity index (χ2n) is 7.56. The Kier molecular flexibility index (Phi) is 6.99.